The summed E-state index contributed by atoms with van der Waals surface area (Å²) in [6.45, 7) is 3.77. The standard InChI is InChI=1S/C19H22N2O3S/c1-12(2)20-18(22)14-7-5-6-8-16(14)21-19(23)15-10-9-13(25-4)11-17(15)24-3/h5-12H,1-4H3,(H,20,22)(H,21,23). The van der Waals surface area contributed by atoms with Crippen molar-refractivity contribution < 1.29 is 14.3 Å². The van der Waals surface area contributed by atoms with Crippen LogP contribution in [0.4, 0.5) is 5.69 Å². The van der Waals surface area contributed by atoms with E-state index in [1.165, 1.54) is 7.11 Å². The van der Waals surface area contributed by atoms with Crippen molar-refractivity contribution in [2.45, 2.75) is 24.8 Å². The Morgan fingerprint density at radius 1 is 1.04 bits per heavy atom. The maximum absolute atomic E-state index is 12.7. The highest BCUT2D eigenvalue weighted by Crippen LogP contribution is 2.26. The molecule has 0 aliphatic heterocycles. The monoisotopic (exact) mass is 358 g/mol. The van der Waals surface area contributed by atoms with Gasteiger partial charge in [0.2, 0.25) is 0 Å². The molecule has 0 aromatic heterocycles. The molecule has 0 saturated heterocycles. The van der Waals surface area contributed by atoms with Gasteiger partial charge in [-0.25, -0.2) is 0 Å². The number of benzene rings is 2. The van der Waals surface area contributed by atoms with Gasteiger partial charge in [-0.15, -0.1) is 11.8 Å². The number of hydrogen-bond acceptors (Lipinski definition) is 4. The quantitative estimate of drug-likeness (QED) is 0.771. The summed E-state index contributed by atoms with van der Waals surface area (Å²) in [6.07, 6.45) is 1.96. The number of thioether (sulfide) groups is 1. The zero-order chi connectivity index (χ0) is 18.4. The number of carbonyl (C=O) groups is 2. The van der Waals surface area contributed by atoms with Crippen molar-refractivity contribution in [1.29, 1.82) is 0 Å². The Morgan fingerprint density at radius 2 is 1.76 bits per heavy atom. The minimum absolute atomic E-state index is 0.00967. The molecule has 132 valence electrons. The zero-order valence-electron chi connectivity index (χ0n) is 14.8. The fourth-order valence-corrected chi connectivity index (χ4v) is 2.73. The third-order valence-corrected chi connectivity index (χ3v) is 4.22. The highest BCUT2D eigenvalue weighted by Gasteiger charge is 2.17. The summed E-state index contributed by atoms with van der Waals surface area (Å²) in [4.78, 5) is 26.0. The number of anilines is 1. The summed E-state index contributed by atoms with van der Waals surface area (Å²) < 4.78 is 5.32. The molecule has 0 unspecified atom stereocenters. The highest BCUT2D eigenvalue weighted by molar-refractivity contribution is 7.98. The lowest BCUT2D eigenvalue weighted by Gasteiger charge is -2.14. The Balaban J connectivity index is 2.28. The van der Waals surface area contributed by atoms with E-state index in [-0.39, 0.29) is 17.9 Å². The first-order chi connectivity index (χ1) is 12.0. The predicted octanol–water partition coefficient (Wildman–Crippen LogP) is 3.81. The molecule has 0 radical (unpaired) electrons. The number of nitrogens with one attached hydrogen (secondary N) is 2. The van der Waals surface area contributed by atoms with Crippen molar-refractivity contribution in [2.75, 3.05) is 18.7 Å². The second-order valence-corrected chi connectivity index (χ2v) is 6.57. The summed E-state index contributed by atoms with van der Waals surface area (Å²) in [5.41, 5.74) is 1.30. The summed E-state index contributed by atoms with van der Waals surface area (Å²) in [7, 11) is 1.53. The number of para-hydroxylation sites is 1. The average molecular weight is 358 g/mol. The Bertz CT molecular complexity index is 775. The van der Waals surface area contributed by atoms with E-state index in [1.807, 2.05) is 32.2 Å². The van der Waals surface area contributed by atoms with E-state index in [2.05, 4.69) is 10.6 Å². The summed E-state index contributed by atoms with van der Waals surface area (Å²) in [5, 5.41) is 5.64. The molecule has 0 bridgehead atoms. The van der Waals surface area contributed by atoms with Crippen molar-refractivity contribution in [3.8, 4) is 5.75 Å². The van der Waals surface area contributed by atoms with E-state index in [9.17, 15) is 9.59 Å². The van der Waals surface area contributed by atoms with E-state index in [0.717, 1.165) is 4.90 Å². The van der Waals surface area contributed by atoms with Crippen LogP contribution < -0.4 is 15.4 Å². The number of carbonyl (C=O) groups excluding carboxylic acids is 2. The van der Waals surface area contributed by atoms with Gasteiger partial charge in [-0.3, -0.25) is 9.59 Å². The molecule has 5 nitrogen and oxygen atoms in total. The van der Waals surface area contributed by atoms with Gasteiger partial charge in [0.15, 0.2) is 0 Å². The smallest absolute Gasteiger partial charge is 0.259 e. The van der Waals surface area contributed by atoms with Gasteiger partial charge in [0, 0.05) is 10.9 Å². The van der Waals surface area contributed by atoms with Crippen LogP contribution in [0, 0.1) is 0 Å². The van der Waals surface area contributed by atoms with Gasteiger partial charge in [0.1, 0.15) is 5.75 Å². The molecule has 2 aromatic rings. The third-order valence-electron chi connectivity index (χ3n) is 3.49. The molecule has 0 spiro atoms. The van der Waals surface area contributed by atoms with Crippen molar-refractivity contribution in [2.24, 2.45) is 0 Å². The van der Waals surface area contributed by atoms with Gasteiger partial charge in [0.05, 0.1) is 23.9 Å². The fraction of sp³-hybridized carbons (Fsp3) is 0.263. The third kappa shape index (κ3) is 4.76. The number of ether oxygens (including phenoxy) is 1. The number of amides is 2. The van der Waals surface area contributed by atoms with Gasteiger partial charge in [0.25, 0.3) is 11.8 Å². The van der Waals surface area contributed by atoms with Gasteiger partial charge in [-0.2, -0.15) is 0 Å². The lowest BCUT2D eigenvalue weighted by Crippen LogP contribution is -2.31. The van der Waals surface area contributed by atoms with Gasteiger partial charge in [-0.05, 0) is 50.4 Å². The summed E-state index contributed by atoms with van der Waals surface area (Å²) >= 11 is 1.57. The van der Waals surface area contributed by atoms with Crippen LogP contribution in [0.15, 0.2) is 47.4 Å². The van der Waals surface area contributed by atoms with E-state index >= 15 is 0 Å². The van der Waals surface area contributed by atoms with E-state index in [4.69, 9.17) is 4.74 Å². The van der Waals surface area contributed by atoms with Crippen LogP contribution in [0.3, 0.4) is 0 Å². The highest BCUT2D eigenvalue weighted by atomic mass is 32.2. The molecule has 0 heterocycles. The Labute approximate surface area is 152 Å². The van der Waals surface area contributed by atoms with E-state index in [0.29, 0.717) is 22.6 Å². The largest absolute Gasteiger partial charge is 0.496 e. The van der Waals surface area contributed by atoms with Crippen molar-refractivity contribution in [1.82, 2.24) is 5.32 Å². The van der Waals surface area contributed by atoms with Crippen LogP contribution >= 0.6 is 11.8 Å². The molecule has 0 aliphatic carbocycles. The molecule has 2 rings (SSSR count). The Hall–Kier alpha value is -2.47. The zero-order valence-corrected chi connectivity index (χ0v) is 15.6. The lowest BCUT2D eigenvalue weighted by molar-refractivity contribution is 0.0944. The fourth-order valence-electron chi connectivity index (χ4n) is 2.31. The maximum Gasteiger partial charge on any atom is 0.259 e. The lowest BCUT2D eigenvalue weighted by atomic mass is 10.1. The molecule has 0 atom stereocenters. The van der Waals surface area contributed by atoms with E-state index < -0.39 is 0 Å². The molecule has 25 heavy (non-hydrogen) atoms. The second kappa shape index (κ2) is 8.58. The molecule has 6 heteroatoms. The Kier molecular flexibility index (Phi) is 6.47. The molecular weight excluding hydrogens is 336 g/mol. The van der Waals surface area contributed by atoms with Crippen LogP contribution in [0.5, 0.6) is 5.75 Å². The minimum atomic E-state index is -0.325. The molecular formula is C19H22N2O3S. The SMILES string of the molecule is COc1cc(SC)ccc1C(=O)Nc1ccccc1C(=O)NC(C)C. The maximum atomic E-state index is 12.7. The molecule has 0 aliphatic rings. The van der Waals surface area contributed by atoms with Gasteiger partial charge < -0.3 is 15.4 Å². The Morgan fingerprint density at radius 3 is 2.40 bits per heavy atom. The molecule has 2 amide bonds. The molecule has 0 fully saturated rings. The van der Waals surface area contributed by atoms with Crippen LogP contribution in [-0.4, -0.2) is 31.2 Å². The van der Waals surface area contributed by atoms with E-state index in [1.54, 1.807) is 42.1 Å². The summed E-state index contributed by atoms with van der Waals surface area (Å²) in [6, 6.07) is 12.3. The van der Waals surface area contributed by atoms with Gasteiger partial charge >= 0.3 is 0 Å². The number of methoxy groups -OCH3 is 1. The topological polar surface area (TPSA) is 67.4 Å². The summed E-state index contributed by atoms with van der Waals surface area (Å²) in [5.74, 6) is -0.0571. The van der Waals surface area contributed by atoms with Crippen LogP contribution in [0.1, 0.15) is 34.6 Å². The van der Waals surface area contributed by atoms with Crippen LogP contribution in [0.2, 0.25) is 0 Å². The van der Waals surface area contributed by atoms with Crippen LogP contribution in [0.25, 0.3) is 0 Å². The normalized spacial score (nSPS) is 10.4. The first-order valence-electron chi connectivity index (χ1n) is 7.89. The van der Waals surface area contributed by atoms with Crippen molar-refractivity contribution in [3.05, 3.63) is 53.6 Å². The van der Waals surface area contributed by atoms with Crippen molar-refractivity contribution in [3.63, 3.8) is 0 Å². The minimum Gasteiger partial charge on any atom is -0.496 e. The number of rotatable bonds is 6. The van der Waals surface area contributed by atoms with Crippen LogP contribution in [-0.2, 0) is 0 Å². The first-order valence-corrected chi connectivity index (χ1v) is 9.12. The molecule has 2 N–H and O–H groups in total. The second-order valence-electron chi connectivity index (χ2n) is 5.69. The van der Waals surface area contributed by atoms with Gasteiger partial charge in [-0.1, -0.05) is 12.1 Å². The number of hydrogen-bond donors (Lipinski definition) is 2. The average Bonchev–Trinajstić information content (AvgIpc) is 2.60. The molecule has 0 saturated carbocycles. The predicted molar refractivity (Wildman–Crippen MR) is 102 cm³/mol. The molecule has 2 aromatic carbocycles. The van der Waals surface area contributed by atoms with Crippen molar-refractivity contribution >= 4 is 29.3 Å². The first kappa shape index (κ1) is 18.9.